The largest absolute Gasteiger partial charge is 0.384 e. The number of carbonyl (C=O) groups is 1. The fraction of sp³-hybridized carbons (Fsp3) is 0.786. The molecule has 1 atom stereocenters. The van der Waals surface area contributed by atoms with Gasteiger partial charge in [0.2, 0.25) is 5.79 Å². The molecule has 0 spiro atoms. The van der Waals surface area contributed by atoms with Crippen LogP contribution in [0.2, 0.25) is 18.1 Å². The minimum atomic E-state index is -2.11. The lowest BCUT2D eigenvalue weighted by Crippen LogP contribution is -2.58. The number of ether oxygens (including phenoxy) is 1. The van der Waals surface area contributed by atoms with E-state index in [-0.39, 0.29) is 5.04 Å². The highest BCUT2D eigenvalue weighted by Gasteiger charge is 2.52. The zero-order chi connectivity index (χ0) is 14.8. The van der Waals surface area contributed by atoms with Crippen LogP contribution in [0.15, 0.2) is 12.7 Å². The van der Waals surface area contributed by atoms with Gasteiger partial charge < -0.3 is 9.16 Å². The fourth-order valence-electron chi connectivity index (χ4n) is 1.33. The molecule has 0 aliphatic carbocycles. The van der Waals surface area contributed by atoms with Crippen molar-refractivity contribution in [3.8, 4) is 0 Å². The number of aldehydes is 1. The Morgan fingerprint density at radius 2 is 1.56 bits per heavy atom. The van der Waals surface area contributed by atoms with Gasteiger partial charge in [0.25, 0.3) is 0 Å². The predicted octanol–water partition coefficient (Wildman–Crippen LogP) is 3.76. The first-order chi connectivity index (χ1) is 7.89. The maximum atomic E-state index is 11.6. The van der Waals surface area contributed by atoms with Crippen LogP contribution in [0.5, 0.6) is 0 Å². The third kappa shape index (κ3) is 3.11. The highest BCUT2D eigenvalue weighted by Crippen LogP contribution is 2.44. The summed E-state index contributed by atoms with van der Waals surface area (Å²) in [5, 5.41) is 0.0110. The molecule has 4 heteroatoms. The zero-order valence-electron chi connectivity index (χ0n) is 13.1. The van der Waals surface area contributed by atoms with Gasteiger partial charge in [-0.1, -0.05) is 40.7 Å². The summed E-state index contributed by atoms with van der Waals surface area (Å²) in [6.45, 7) is 18.2. The van der Waals surface area contributed by atoms with Gasteiger partial charge in [-0.2, -0.15) is 0 Å². The molecule has 0 aromatic rings. The topological polar surface area (TPSA) is 35.5 Å². The second kappa shape index (κ2) is 5.27. The quantitative estimate of drug-likeness (QED) is 0.320. The molecule has 0 aliphatic rings. The summed E-state index contributed by atoms with van der Waals surface area (Å²) in [7, 11) is -0.606. The Morgan fingerprint density at radius 3 is 1.78 bits per heavy atom. The third-order valence-corrected chi connectivity index (χ3v) is 8.51. The van der Waals surface area contributed by atoms with Crippen LogP contribution in [-0.2, 0) is 14.0 Å². The van der Waals surface area contributed by atoms with Gasteiger partial charge in [-0.05, 0) is 18.1 Å². The summed E-state index contributed by atoms with van der Waals surface area (Å²) in [6, 6.07) is 0. The van der Waals surface area contributed by atoms with Crippen molar-refractivity contribution in [3.63, 3.8) is 0 Å². The molecule has 0 saturated carbocycles. The Labute approximate surface area is 113 Å². The molecular weight excluding hydrogens is 244 g/mol. The minimum absolute atomic E-state index is 0.0110. The number of carbonyl (C=O) groups excluding carboxylic acids is 1. The van der Waals surface area contributed by atoms with Crippen LogP contribution in [-0.4, -0.2) is 27.5 Å². The Balaban J connectivity index is 5.56. The molecule has 106 valence electrons. The van der Waals surface area contributed by atoms with E-state index in [2.05, 4.69) is 40.4 Å². The molecule has 0 radical (unpaired) electrons. The van der Waals surface area contributed by atoms with Crippen LogP contribution < -0.4 is 0 Å². The smallest absolute Gasteiger partial charge is 0.225 e. The molecule has 18 heavy (non-hydrogen) atoms. The van der Waals surface area contributed by atoms with Crippen LogP contribution >= 0.6 is 0 Å². The normalized spacial score (nSPS) is 17.1. The molecule has 0 aliphatic heterocycles. The first-order valence-electron chi connectivity index (χ1n) is 6.24. The van der Waals surface area contributed by atoms with Crippen molar-refractivity contribution in [3.05, 3.63) is 12.7 Å². The maximum Gasteiger partial charge on any atom is 0.225 e. The van der Waals surface area contributed by atoms with Crippen molar-refractivity contribution in [2.75, 3.05) is 7.11 Å². The van der Waals surface area contributed by atoms with E-state index >= 15 is 0 Å². The fourth-order valence-corrected chi connectivity index (χ4v) is 2.79. The molecule has 0 fully saturated rings. The maximum absolute atomic E-state index is 11.6. The molecule has 1 unspecified atom stereocenters. The number of methoxy groups -OCH3 is 1. The lowest BCUT2D eigenvalue weighted by Gasteiger charge is -2.47. The second-order valence-electron chi connectivity index (χ2n) is 6.78. The predicted molar refractivity (Wildman–Crippen MR) is 78.1 cm³/mol. The van der Waals surface area contributed by atoms with E-state index in [9.17, 15) is 4.79 Å². The first-order valence-corrected chi connectivity index (χ1v) is 9.15. The lowest BCUT2D eigenvalue weighted by molar-refractivity contribution is -0.208. The van der Waals surface area contributed by atoms with Crippen LogP contribution in [0, 0.1) is 5.41 Å². The Morgan fingerprint density at radius 1 is 1.11 bits per heavy atom. The van der Waals surface area contributed by atoms with Crippen molar-refractivity contribution in [1.29, 1.82) is 0 Å². The average Bonchev–Trinajstić information content (AvgIpc) is 2.24. The second-order valence-corrected chi connectivity index (χ2v) is 11.5. The Hall–Kier alpha value is -0.453. The minimum Gasteiger partial charge on any atom is -0.384 e. The van der Waals surface area contributed by atoms with E-state index in [1.54, 1.807) is 6.08 Å². The lowest BCUT2D eigenvalue weighted by atomic mass is 9.84. The molecule has 3 nitrogen and oxygen atoms in total. The van der Waals surface area contributed by atoms with E-state index < -0.39 is 19.5 Å². The van der Waals surface area contributed by atoms with E-state index in [0.29, 0.717) is 0 Å². The highest BCUT2D eigenvalue weighted by atomic mass is 28.4. The molecule has 0 rings (SSSR count). The highest BCUT2D eigenvalue weighted by molar-refractivity contribution is 6.74. The summed E-state index contributed by atoms with van der Waals surface area (Å²) in [5.41, 5.74) is -0.584. The van der Waals surface area contributed by atoms with Gasteiger partial charge in [0.1, 0.15) is 0 Å². The van der Waals surface area contributed by atoms with E-state index in [1.165, 1.54) is 7.11 Å². The van der Waals surface area contributed by atoms with Gasteiger partial charge in [0.05, 0.1) is 0 Å². The number of rotatable bonds is 6. The molecule has 0 bridgehead atoms. The van der Waals surface area contributed by atoms with Crippen LogP contribution in [0.4, 0.5) is 0 Å². The van der Waals surface area contributed by atoms with Gasteiger partial charge in [-0.25, -0.2) is 0 Å². The number of hydrogen-bond acceptors (Lipinski definition) is 3. The van der Waals surface area contributed by atoms with Gasteiger partial charge in [-0.3, -0.25) is 4.79 Å². The van der Waals surface area contributed by atoms with Crippen molar-refractivity contribution < 1.29 is 14.0 Å². The average molecular weight is 272 g/mol. The standard InChI is InChI=1S/C14H28O3Si/c1-10-13(5,6)14(11-15,16-7)17-18(8,9)12(2,3)4/h10-11H,1H2,2-9H3. The summed E-state index contributed by atoms with van der Waals surface area (Å²) in [6.07, 6.45) is 2.47. The summed E-state index contributed by atoms with van der Waals surface area (Å²) < 4.78 is 11.7. The third-order valence-electron chi connectivity index (χ3n) is 4.08. The Kier molecular flexibility index (Phi) is 5.14. The van der Waals surface area contributed by atoms with Crippen LogP contribution in [0.25, 0.3) is 0 Å². The van der Waals surface area contributed by atoms with Gasteiger partial charge in [0.15, 0.2) is 14.6 Å². The summed E-state index contributed by atoms with van der Waals surface area (Å²) in [5.74, 6) is -1.27. The van der Waals surface area contributed by atoms with Gasteiger partial charge in [0, 0.05) is 12.5 Å². The van der Waals surface area contributed by atoms with Crippen LogP contribution in [0.1, 0.15) is 34.6 Å². The van der Waals surface area contributed by atoms with E-state index in [0.717, 1.165) is 6.29 Å². The summed E-state index contributed by atoms with van der Waals surface area (Å²) in [4.78, 5) is 11.6. The molecule has 0 aromatic heterocycles. The zero-order valence-corrected chi connectivity index (χ0v) is 14.1. The molecule has 0 heterocycles. The molecular formula is C14H28O3Si. The first kappa shape index (κ1) is 17.5. The molecule has 0 N–H and O–H groups in total. The molecule has 0 amide bonds. The van der Waals surface area contributed by atoms with E-state index in [4.69, 9.17) is 9.16 Å². The van der Waals surface area contributed by atoms with E-state index in [1.807, 2.05) is 13.8 Å². The van der Waals surface area contributed by atoms with Gasteiger partial charge >= 0.3 is 0 Å². The van der Waals surface area contributed by atoms with Crippen molar-refractivity contribution in [2.24, 2.45) is 5.41 Å². The molecule has 0 aromatic carbocycles. The number of hydrogen-bond donors (Lipinski definition) is 0. The SMILES string of the molecule is C=CC(C)(C)C(C=O)(OC)O[Si](C)(C)C(C)(C)C. The Bertz CT molecular complexity index is 315. The monoisotopic (exact) mass is 272 g/mol. The van der Waals surface area contributed by atoms with Crippen molar-refractivity contribution in [1.82, 2.24) is 0 Å². The van der Waals surface area contributed by atoms with Crippen molar-refractivity contribution in [2.45, 2.75) is 58.5 Å². The van der Waals surface area contributed by atoms with Crippen molar-refractivity contribution >= 4 is 14.6 Å². The summed E-state index contributed by atoms with van der Waals surface area (Å²) >= 11 is 0. The molecule has 0 saturated heterocycles. The van der Waals surface area contributed by atoms with Gasteiger partial charge in [-0.15, -0.1) is 6.58 Å². The van der Waals surface area contributed by atoms with Crippen LogP contribution in [0.3, 0.4) is 0 Å².